The van der Waals surface area contributed by atoms with Crippen LogP contribution in [0.1, 0.15) is 132 Å². The van der Waals surface area contributed by atoms with Crippen LogP contribution in [0, 0.1) is 0 Å². The van der Waals surface area contributed by atoms with Gasteiger partial charge in [0.05, 0.1) is 16.1 Å². The fraction of sp³-hybridized carbons (Fsp3) is 0.294. The fourth-order valence-electron chi connectivity index (χ4n) is 11.3. The minimum atomic E-state index is -0.0503. The van der Waals surface area contributed by atoms with Crippen LogP contribution in [-0.2, 0) is 27.1 Å². The third-order valence-electron chi connectivity index (χ3n) is 15.7. The average Bonchev–Trinajstić information content (AvgIpc) is 3.73. The topological polar surface area (TPSA) is 9.72 Å². The quantitative estimate of drug-likeness (QED) is 0.159. The van der Waals surface area contributed by atoms with Gasteiger partial charge in [0.15, 0.2) is 0 Å². The van der Waals surface area contributed by atoms with Crippen LogP contribution in [0.3, 0.4) is 0 Å². The summed E-state index contributed by atoms with van der Waals surface area (Å²) in [5, 5.41) is 2.53. The van der Waals surface area contributed by atoms with E-state index >= 15 is 0 Å². The van der Waals surface area contributed by atoms with Crippen molar-refractivity contribution in [2.24, 2.45) is 0 Å². The van der Waals surface area contributed by atoms with Crippen LogP contribution in [0.2, 0.25) is 0 Å². The molecule has 0 aliphatic carbocycles. The molecule has 0 amide bonds. The number of anilines is 9. The molecule has 2 aliphatic rings. The molecular weight excluding hydrogens is 902 g/mol. The second-order valence-electron chi connectivity index (χ2n) is 26.0. The highest BCUT2D eigenvalue weighted by Crippen LogP contribution is 2.53. The number of hydrogen-bond acceptors (Lipinski definition) is 4. The van der Waals surface area contributed by atoms with Gasteiger partial charge in [-0.05, 0) is 150 Å². The first-order valence-electron chi connectivity index (χ1n) is 26.5. The molecule has 3 heterocycles. The van der Waals surface area contributed by atoms with Crippen molar-refractivity contribution in [1.29, 1.82) is 0 Å². The summed E-state index contributed by atoms with van der Waals surface area (Å²) < 4.78 is 2.54. The fourth-order valence-corrected chi connectivity index (χ4v) is 12.6. The van der Waals surface area contributed by atoms with Gasteiger partial charge in [-0.1, -0.05) is 189 Å². The van der Waals surface area contributed by atoms with Crippen LogP contribution in [-0.4, -0.2) is 6.71 Å². The Bertz CT molecular complexity index is 3530. The monoisotopic (exact) mass is 974 g/mol. The maximum atomic E-state index is 2.62. The molecule has 73 heavy (non-hydrogen) atoms. The predicted molar refractivity (Wildman–Crippen MR) is 322 cm³/mol. The Morgan fingerprint density at radius 1 is 0.384 bits per heavy atom. The number of hydrogen-bond donors (Lipinski definition) is 0. The Hall–Kier alpha value is -6.56. The van der Waals surface area contributed by atoms with Crippen LogP contribution in [0.5, 0.6) is 0 Å². The van der Waals surface area contributed by atoms with Gasteiger partial charge in [-0.2, -0.15) is 0 Å². The molecule has 1 aromatic heterocycles. The Labute approximate surface area is 440 Å². The SMILES string of the molecule is CC(C)(C)c1ccc(N2c3ccc(C(C)(C)C)cc3B3c4cc(C(C)(C)C)ccc4N(c4ccc(N(c5ccc(C(C)(C)C)cc5)c5ccc(C(C)(C)C)cc5)c5c4sc4ccccc45)c4cccc2c43)cc1. The first-order valence-corrected chi connectivity index (χ1v) is 27.3. The van der Waals surface area contributed by atoms with Gasteiger partial charge < -0.3 is 14.7 Å². The van der Waals surface area contributed by atoms with E-state index in [1.807, 2.05) is 11.3 Å². The smallest absolute Gasteiger partial charge is 0.252 e. The molecule has 0 spiro atoms. The number of fused-ring (bicyclic) bond motifs is 7. The Balaban J connectivity index is 1.20. The van der Waals surface area contributed by atoms with Gasteiger partial charge in [0.25, 0.3) is 6.71 Å². The van der Waals surface area contributed by atoms with Gasteiger partial charge in [0, 0.05) is 55.3 Å². The van der Waals surface area contributed by atoms with E-state index in [0.717, 1.165) is 11.4 Å². The number of benzene rings is 8. The molecule has 5 heteroatoms. The molecule has 0 fully saturated rings. The van der Waals surface area contributed by atoms with Crippen LogP contribution < -0.4 is 31.1 Å². The molecule has 2 aliphatic heterocycles. The Kier molecular flexibility index (Phi) is 11.3. The second kappa shape index (κ2) is 17.0. The summed E-state index contributed by atoms with van der Waals surface area (Å²) in [4.78, 5) is 7.67. The molecule has 3 nitrogen and oxygen atoms in total. The van der Waals surface area contributed by atoms with E-state index in [9.17, 15) is 0 Å². The largest absolute Gasteiger partial charge is 0.311 e. The summed E-state index contributed by atoms with van der Waals surface area (Å²) in [6.07, 6.45) is 0. The molecule has 11 rings (SSSR count). The molecule has 8 aromatic carbocycles. The maximum absolute atomic E-state index is 2.62. The average molecular weight is 974 g/mol. The van der Waals surface area contributed by atoms with Gasteiger partial charge >= 0.3 is 0 Å². The van der Waals surface area contributed by atoms with Crippen molar-refractivity contribution >= 4 is 106 Å². The first-order chi connectivity index (χ1) is 34.4. The summed E-state index contributed by atoms with van der Waals surface area (Å²) in [5.74, 6) is 0. The van der Waals surface area contributed by atoms with Crippen molar-refractivity contribution < 1.29 is 0 Å². The zero-order valence-corrected chi connectivity index (χ0v) is 46.7. The molecule has 0 saturated carbocycles. The second-order valence-corrected chi connectivity index (χ2v) is 27.0. The maximum Gasteiger partial charge on any atom is 0.252 e. The van der Waals surface area contributed by atoms with Crippen molar-refractivity contribution in [3.05, 3.63) is 192 Å². The highest BCUT2D eigenvalue weighted by Gasteiger charge is 2.44. The van der Waals surface area contributed by atoms with Gasteiger partial charge in [0.1, 0.15) is 0 Å². The predicted octanol–water partition coefficient (Wildman–Crippen LogP) is 18.1. The molecule has 0 radical (unpaired) electrons. The van der Waals surface area contributed by atoms with E-state index < -0.39 is 0 Å². The standard InChI is InChI=1S/C68H72BN3S/c1-64(2,3)43-23-31-48(32-24-43)70(49-33-25-44(26-34-49)65(4,5)6)56-39-40-59(63-61(56)51-19-16-17-22-60(51)73-63)72-55-38-30-47(68(13,14)15)42-53(55)69-52-41-46(67(10,11)12)29-37-54(52)71(57-20-18-21-58(72)62(57)69)50-35-27-45(28-36-50)66(7,8)9/h16-42H,1-15H3. The molecular formula is C68H72BN3S. The number of rotatable bonds is 5. The summed E-state index contributed by atoms with van der Waals surface area (Å²) in [6, 6.07) is 63.5. The normalized spacial score (nSPS) is 13.9. The summed E-state index contributed by atoms with van der Waals surface area (Å²) in [7, 11) is 0. The number of nitrogens with zero attached hydrogens (tertiary/aromatic N) is 3. The van der Waals surface area contributed by atoms with Crippen LogP contribution >= 0.6 is 11.3 Å². The van der Waals surface area contributed by atoms with Gasteiger partial charge in [-0.3, -0.25) is 0 Å². The summed E-state index contributed by atoms with van der Waals surface area (Å²) >= 11 is 1.91. The number of thiophene rings is 1. The zero-order chi connectivity index (χ0) is 51.7. The van der Waals surface area contributed by atoms with Crippen molar-refractivity contribution in [1.82, 2.24) is 0 Å². The van der Waals surface area contributed by atoms with E-state index in [1.165, 1.54) is 104 Å². The van der Waals surface area contributed by atoms with Gasteiger partial charge in [-0.15, -0.1) is 11.3 Å². The minimum Gasteiger partial charge on any atom is -0.311 e. The van der Waals surface area contributed by atoms with Crippen molar-refractivity contribution in [2.75, 3.05) is 14.7 Å². The molecule has 0 saturated heterocycles. The van der Waals surface area contributed by atoms with E-state index in [4.69, 9.17) is 0 Å². The Morgan fingerprint density at radius 3 is 1.30 bits per heavy atom. The lowest BCUT2D eigenvalue weighted by molar-refractivity contribution is 0.590. The third-order valence-corrected chi connectivity index (χ3v) is 16.9. The van der Waals surface area contributed by atoms with Crippen LogP contribution in [0.25, 0.3) is 20.2 Å². The molecule has 9 aromatic rings. The van der Waals surface area contributed by atoms with Gasteiger partial charge in [0.2, 0.25) is 0 Å². The molecule has 0 atom stereocenters. The van der Waals surface area contributed by atoms with Crippen LogP contribution in [0.15, 0.2) is 164 Å². The highest BCUT2D eigenvalue weighted by molar-refractivity contribution is 7.26. The van der Waals surface area contributed by atoms with Crippen LogP contribution in [0.4, 0.5) is 51.2 Å². The van der Waals surface area contributed by atoms with Crippen molar-refractivity contribution in [3.8, 4) is 0 Å². The molecule has 0 bridgehead atoms. The van der Waals surface area contributed by atoms with E-state index in [0.29, 0.717) is 0 Å². The van der Waals surface area contributed by atoms with E-state index in [-0.39, 0.29) is 33.8 Å². The van der Waals surface area contributed by atoms with Crippen molar-refractivity contribution in [2.45, 2.75) is 131 Å². The van der Waals surface area contributed by atoms with E-state index in [2.05, 4.69) is 282 Å². The lowest BCUT2D eigenvalue weighted by atomic mass is 9.33. The molecule has 368 valence electrons. The molecule has 0 N–H and O–H groups in total. The highest BCUT2D eigenvalue weighted by atomic mass is 32.1. The summed E-state index contributed by atoms with van der Waals surface area (Å²) in [6.45, 7) is 34.8. The lowest BCUT2D eigenvalue weighted by Crippen LogP contribution is -2.61. The van der Waals surface area contributed by atoms with Crippen molar-refractivity contribution in [3.63, 3.8) is 0 Å². The first kappa shape index (κ1) is 48.7. The summed E-state index contributed by atoms with van der Waals surface area (Å²) in [5.41, 5.74) is 21.5. The third kappa shape index (κ3) is 8.37. The lowest BCUT2D eigenvalue weighted by Gasteiger charge is -2.45. The molecule has 0 unspecified atom stereocenters. The zero-order valence-electron chi connectivity index (χ0n) is 45.9. The van der Waals surface area contributed by atoms with Gasteiger partial charge in [-0.25, -0.2) is 0 Å². The minimum absolute atomic E-state index is 0.0157. The Morgan fingerprint density at radius 2 is 0.808 bits per heavy atom. The van der Waals surface area contributed by atoms with E-state index in [1.54, 1.807) is 0 Å².